The monoisotopic (exact) mass is 229 g/mol. The number of nitrogens with one attached hydrogen (secondary N) is 1. The maximum absolute atomic E-state index is 9.08. The van der Waals surface area contributed by atoms with Gasteiger partial charge >= 0.3 is 0 Å². The number of nitrogens with zero attached hydrogens (tertiary/aromatic N) is 4. The molecule has 0 bridgehead atoms. The fourth-order valence-corrected chi connectivity index (χ4v) is 1.33. The van der Waals surface area contributed by atoms with E-state index in [-0.39, 0.29) is 5.88 Å². The first-order valence-corrected chi connectivity index (χ1v) is 5.05. The van der Waals surface area contributed by atoms with Gasteiger partial charge in [-0.15, -0.1) is 10.2 Å². The van der Waals surface area contributed by atoms with Gasteiger partial charge in [0, 0.05) is 11.8 Å². The van der Waals surface area contributed by atoms with Gasteiger partial charge in [-0.05, 0) is 26.3 Å². The molecule has 0 aliphatic rings. The molecule has 6 nitrogen and oxygen atoms in total. The van der Waals surface area contributed by atoms with Gasteiger partial charge < -0.3 is 4.74 Å². The van der Waals surface area contributed by atoms with E-state index < -0.39 is 0 Å². The summed E-state index contributed by atoms with van der Waals surface area (Å²) in [6.45, 7) is 5.47. The van der Waals surface area contributed by atoms with Gasteiger partial charge in [0.15, 0.2) is 0 Å². The molecule has 1 N–H and O–H groups in total. The third-order valence-electron chi connectivity index (χ3n) is 2.42. The fourth-order valence-electron chi connectivity index (χ4n) is 1.33. The standard InChI is InChI=1S/C11H11N5O/c1-6-4-10(15-13-6)17-11-9(5-12)7(2)8(3)14-16-11/h4H,1-3H3,(H,13,15). The molecule has 0 unspecified atom stereocenters. The summed E-state index contributed by atoms with van der Waals surface area (Å²) in [4.78, 5) is 0. The lowest BCUT2D eigenvalue weighted by atomic mass is 10.1. The molecular formula is C11H11N5O. The first-order valence-electron chi connectivity index (χ1n) is 5.05. The summed E-state index contributed by atoms with van der Waals surface area (Å²) in [6, 6.07) is 3.79. The zero-order chi connectivity index (χ0) is 12.4. The molecule has 0 fully saturated rings. The zero-order valence-electron chi connectivity index (χ0n) is 9.77. The maximum Gasteiger partial charge on any atom is 0.258 e. The third kappa shape index (κ3) is 2.08. The molecule has 2 rings (SSSR count). The Morgan fingerprint density at radius 2 is 2.06 bits per heavy atom. The van der Waals surface area contributed by atoms with Crippen LogP contribution in [0.4, 0.5) is 0 Å². The lowest BCUT2D eigenvalue weighted by Crippen LogP contribution is -2.00. The van der Waals surface area contributed by atoms with Crippen molar-refractivity contribution in [3.05, 3.63) is 28.6 Å². The number of aromatic nitrogens is 4. The molecule has 0 aromatic carbocycles. The van der Waals surface area contributed by atoms with Crippen LogP contribution in [0.2, 0.25) is 0 Å². The summed E-state index contributed by atoms with van der Waals surface area (Å²) in [5.74, 6) is 0.554. The van der Waals surface area contributed by atoms with E-state index in [0.717, 1.165) is 11.3 Å². The average Bonchev–Trinajstić information content (AvgIpc) is 2.70. The molecular weight excluding hydrogens is 218 g/mol. The SMILES string of the molecule is Cc1cc(Oc2nnc(C)c(C)c2C#N)n[nH]1. The van der Waals surface area contributed by atoms with Crippen LogP contribution in [0, 0.1) is 32.1 Å². The van der Waals surface area contributed by atoms with Crippen LogP contribution >= 0.6 is 0 Å². The molecule has 2 heterocycles. The van der Waals surface area contributed by atoms with Crippen molar-refractivity contribution in [3.8, 4) is 17.8 Å². The second-order valence-electron chi connectivity index (χ2n) is 3.69. The molecule has 0 aliphatic carbocycles. The Kier molecular flexibility index (Phi) is 2.75. The number of hydrogen-bond acceptors (Lipinski definition) is 5. The van der Waals surface area contributed by atoms with E-state index in [0.29, 0.717) is 17.1 Å². The lowest BCUT2D eigenvalue weighted by Gasteiger charge is -2.05. The molecule has 86 valence electrons. The minimum Gasteiger partial charge on any atom is -0.416 e. The predicted molar refractivity (Wildman–Crippen MR) is 59.6 cm³/mol. The van der Waals surface area contributed by atoms with Gasteiger partial charge in [0.2, 0.25) is 5.88 Å². The first kappa shape index (κ1) is 11.1. The highest BCUT2D eigenvalue weighted by Gasteiger charge is 2.13. The molecule has 0 radical (unpaired) electrons. The smallest absolute Gasteiger partial charge is 0.258 e. The van der Waals surface area contributed by atoms with Crippen LogP contribution < -0.4 is 4.74 Å². The van der Waals surface area contributed by atoms with Crippen LogP contribution in [0.1, 0.15) is 22.5 Å². The molecule has 0 spiro atoms. The van der Waals surface area contributed by atoms with Crippen LogP contribution in [-0.4, -0.2) is 20.4 Å². The molecule has 0 saturated heterocycles. The van der Waals surface area contributed by atoms with Crippen LogP contribution in [0.25, 0.3) is 0 Å². The number of aromatic amines is 1. The Morgan fingerprint density at radius 1 is 1.29 bits per heavy atom. The number of H-pyrrole nitrogens is 1. The normalized spacial score (nSPS) is 10.0. The van der Waals surface area contributed by atoms with E-state index in [1.54, 1.807) is 13.0 Å². The Hall–Kier alpha value is -2.42. The average molecular weight is 229 g/mol. The molecule has 2 aromatic rings. The van der Waals surface area contributed by atoms with Crippen molar-refractivity contribution in [3.63, 3.8) is 0 Å². The van der Waals surface area contributed by atoms with Crippen LogP contribution in [-0.2, 0) is 0 Å². The number of hydrogen-bond donors (Lipinski definition) is 1. The maximum atomic E-state index is 9.08. The highest BCUT2D eigenvalue weighted by molar-refractivity contribution is 5.45. The quantitative estimate of drug-likeness (QED) is 0.848. The molecule has 17 heavy (non-hydrogen) atoms. The van der Waals surface area contributed by atoms with Crippen molar-refractivity contribution in [2.24, 2.45) is 0 Å². The molecule has 0 amide bonds. The van der Waals surface area contributed by atoms with Gasteiger partial charge in [-0.1, -0.05) is 0 Å². The van der Waals surface area contributed by atoms with Crippen molar-refractivity contribution >= 4 is 0 Å². The summed E-state index contributed by atoms with van der Waals surface area (Å²) in [5, 5.41) is 23.5. The summed E-state index contributed by atoms with van der Waals surface area (Å²) in [5.41, 5.74) is 2.74. The van der Waals surface area contributed by atoms with Crippen molar-refractivity contribution < 1.29 is 4.74 Å². The van der Waals surface area contributed by atoms with Crippen molar-refractivity contribution in [1.82, 2.24) is 20.4 Å². The Morgan fingerprint density at radius 3 is 2.65 bits per heavy atom. The van der Waals surface area contributed by atoms with Crippen LogP contribution in [0.5, 0.6) is 11.8 Å². The zero-order valence-corrected chi connectivity index (χ0v) is 9.77. The van der Waals surface area contributed by atoms with Crippen molar-refractivity contribution in [2.45, 2.75) is 20.8 Å². The first-order chi connectivity index (χ1) is 8.11. The second kappa shape index (κ2) is 4.22. The number of nitriles is 1. The summed E-state index contributed by atoms with van der Waals surface area (Å²) >= 11 is 0. The van der Waals surface area contributed by atoms with Crippen molar-refractivity contribution in [1.29, 1.82) is 5.26 Å². The van der Waals surface area contributed by atoms with Gasteiger partial charge in [0.1, 0.15) is 11.6 Å². The van der Waals surface area contributed by atoms with Gasteiger partial charge in [-0.25, -0.2) is 0 Å². The van der Waals surface area contributed by atoms with Crippen LogP contribution in [0.15, 0.2) is 6.07 Å². The topological polar surface area (TPSA) is 87.5 Å². The Balaban J connectivity index is 2.40. The minimum atomic E-state index is 0.183. The van der Waals surface area contributed by atoms with E-state index in [9.17, 15) is 0 Å². The largest absolute Gasteiger partial charge is 0.416 e. The number of ether oxygens (including phenoxy) is 1. The second-order valence-corrected chi connectivity index (χ2v) is 3.69. The summed E-state index contributed by atoms with van der Waals surface area (Å²) in [7, 11) is 0. The van der Waals surface area contributed by atoms with Gasteiger partial charge in [-0.2, -0.15) is 10.4 Å². The predicted octanol–water partition coefficient (Wildman–Crippen LogP) is 1.79. The van der Waals surface area contributed by atoms with E-state index in [1.165, 1.54) is 0 Å². The minimum absolute atomic E-state index is 0.183. The summed E-state index contributed by atoms with van der Waals surface area (Å²) < 4.78 is 5.42. The Labute approximate surface area is 98.3 Å². The number of aryl methyl sites for hydroxylation is 2. The Bertz CT molecular complexity index is 596. The third-order valence-corrected chi connectivity index (χ3v) is 2.42. The van der Waals surface area contributed by atoms with E-state index >= 15 is 0 Å². The number of rotatable bonds is 2. The molecule has 0 aliphatic heterocycles. The van der Waals surface area contributed by atoms with Gasteiger partial charge in [0.05, 0.1) is 5.69 Å². The van der Waals surface area contributed by atoms with Gasteiger partial charge in [-0.3, -0.25) is 5.10 Å². The highest BCUT2D eigenvalue weighted by Crippen LogP contribution is 2.24. The van der Waals surface area contributed by atoms with Gasteiger partial charge in [0.25, 0.3) is 5.88 Å². The van der Waals surface area contributed by atoms with E-state index in [1.807, 2.05) is 13.8 Å². The molecule has 6 heteroatoms. The summed E-state index contributed by atoms with van der Waals surface area (Å²) in [6.07, 6.45) is 0. The van der Waals surface area contributed by atoms with E-state index in [2.05, 4.69) is 26.5 Å². The molecule has 0 saturated carbocycles. The van der Waals surface area contributed by atoms with Crippen molar-refractivity contribution in [2.75, 3.05) is 0 Å². The van der Waals surface area contributed by atoms with Crippen LogP contribution in [0.3, 0.4) is 0 Å². The lowest BCUT2D eigenvalue weighted by molar-refractivity contribution is 0.433. The highest BCUT2D eigenvalue weighted by atomic mass is 16.5. The van der Waals surface area contributed by atoms with E-state index in [4.69, 9.17) is 10.00 Å². The molecule has 2 aromatic heterocycles. The fraction of sp³-hybridized carbons (Fsp3) is 0.273. The molecule has 0 atom stereocenters.